The van der Waals surface area contributed by atoms with Gasteiger partial charge < -0.3 is 16.0 Å². The molecule has 3 N–H and O–H groups in total. The van der Waals surface area contributed by atoms with Crippen LogP contribution in [0.2, 0.25) is 0 Å². The molecule has 0 fully saturated rings. The maximum atomic E-state index is 11.2. The van der Waals surface area contributed by atoms with Gasteiger partial charge in [0.2, 0.25) is 5.91 Å². The summed E-state index contributed by atoms with van der Waals surface area (Å²) in [4.78, 5) is 20.2. The molecule has 0 unspecified atom stereocenters. The molecule has 0 aromatic carbocycles. The van der Waals surface area contributed by atoms with Crippen LogP contribution in [0.15, 0.2) is 6.07 Å². The summed E-state index contributed by atoms with van der Waals surface area (Å²) >= 11 is 0. The molecule has 1 rings (SSSR count). The lowest BCUT2D eigenvalue weighted by atomic mass is 9.96. The summed E-state index contributed by atoms with van der Waals surface area (Å²) in [6.07, 6.45) is 0.419. The van der Waals surface area contributed by atoms with E-state index in [0.717, 1.165) is 24.0 Å². The van der Waals surface area contributed by atoms with Gasteiger partial charge in [0.25, 0.3) is 0 Å². The van der Waals surface area contributed by atoms with Gasteiger partial charge in [-0.1, -0.05) is 20.8 Å². The third-order valence-electron chi connectivity index (χ3n) is 2.69. The molecule has 20 heavy (non-hydrogen) atoms. The summed E-state index contributed by atoms with van der Waals surface area (Å²) in [6, 6.07) is 1.86. The predicted octanol–water partition coefficient (Wildman–Crippen LogP) is 1.75. The lowest BCUT2D eigenvalue weighted by Gasteiger charge is -2.19. The van der Waals surface area contributed by atoms with E-state index in [1.165, 1.54) is 0 Å². The molecule has 6 nitrogen and oxygen atoms in total. The van der Waals surface area contributed by atoms with Gasteiger partial charge in [-0.05, 0) is 6.92 Å². The van der Waals surface area contributed by atoms with Gasteiger partial charge >= 0.3 is 0 Å². The molecular formula is C14H25N5O. The number of aromatic nitrogens is 2. The number of rotatable bonds is 6. The number of carbonyl (C=O) groups is 1. The summed E-state index contributed by atoms with van der Waals surface area (Å²) in [6.45, 7) is 9.60. The summed E-state index contributed by atoms with van der Waals surface area (Å²) in [5.41, 5.74) is -0.122. The molecule has 0 aliphatic rings. The van der Waals surface area contributed by atoms with E-state index in [9.17, 15) is 4.79 Å². The quantitative estimate of drug-likeness (QED) is 0.739. The number of amides is 1. The highest BCUT2D eigenvalue weighted by atomic mass is 16.1. The van der Waals surface area contributed by atoms with Crippen LogP contribution >= 0.6 is 0 Å². The van der Waals surface area contributed by atoms with Crippen molar-refractivity contribution in [2.75, 3.05) is 30.8 Å². The van der Waals surface area contributed by atoms with Crippen molar-refractivity contribution < 1.29 is 4.79 Å². The van der Waals surface area contributed by atoms with Crippen molar-refractivity contribution in [2.45, 2.75) is 39.5 Å². The van der Waals surface area contributed by atoms with Gasteiger partial charge in [0.05, 0.1) is 0 Å². The van der Waals surface area contributed by atoms with E-state index in [4.69, 9.17) is 0 Å². The van der Waals surface area contributed by atoms with Gasteiger partial charge in [0, 0.05) is 38.0 Å². The normalized spacial score (nSPS) is 11.1. The van der Waals surface area contributed by atoms with Crippen molar-refractivity contribution >= 4 is 17.5 Å². The van der Waals surface area contributed by atoms with Crippen LogP contribution in [0.1, 0.15) is 39.9 Å². The molecular weight excluding hydrogens is 254 g/mol. The molecule has 1 heterocycles. The summed E-state index contributed by atoms with van der Waals surface area (Å²) < 4.78 is 0. The van der Waals surface area contributed by atoms with E-state index in [2.05, 4.69) is 46.7 Å². The number of nitrogens with zero attached hydrogens (tertiary/aromatic N) is 2. The van der Waals surface area contributed by atoms with Crippen LogP contribution < -0.4 is 16.0 Å². The molecule has 112 valence electrons. The largest absolute Gasteiger partial charge is 0.370 e. The maximum absolute atomic E-state index is 11.2. The zero-order chi connectivity index (χ0) is 15.2. The standard InChI is InChI=1S/C14H25N5O/c1-6-16-10-9-11(17-8-7-12(20)15-5)19-13(18-10)14(2,3)4/h9H,6-8H2,1-5H3,(H,15,20)(H2,16,17,18,19). The van der Waals surface area contributed by atoms with Gasteiger partial charge in [-0.15, -0.1) is 0 Å². The van der Waals surface area contributed by atoms with Gasteiger partial charge in [-0.25, -0.2) is 9.97 Å². The second-order valence-corrected chi connectivity index (χ2v) is 5.59. The Kier molecular flexibility index (Phi) is 5.73. The molecule has 0 radical (unpaired) electrons. The summed E-state index contributed by atoms with van der Waals surface area (Å²) in [5, 5.41) is 8.96. The third-order valence-corrected chi connectivity index (χ3v) is 2.69. The summed E-state index contributed by atoms with van der Waals surface area (Å²) in [7, 11) is 1.63. The molecule has 1 aromatic rings. The Bertz CT molecular complexity index is 453. The molecule has 0 saturated carbocycles. The van der Waals surface area contributed by atoms with Crippen molar-refractivity contribution in [1.29, 1.82) is 0 Å². The highest BCUT2D eigenvalue weighted by Gasteiger charge is 2.19. The summed E-state index contributed by atoms with van der Waals surface area (Å²) in [5.74, 6) is 2.33. The van der Waals surface area contributed by atoms with Crippen LogP contribution in [-0.2, 0) is 10.2 Å². The zero-order valence-corrected chi connectivity index (χ0v) is 13.0. The maximum Gasteiger partial charge on any atom is 0.221 e. The first-order valence-corrected chi connectivity index (χ1v) is 6.94. The van der Waals surface area contributed by atoms with E-state index in [-0.39, 0.29) is 11.3 Å². The minimum atomic E-state index is -0.122. The Hall–Kier alpha value is -1.85. The average molecular weight is 279 g/mol. The molecule has 0 saturated heterocycles. The number of carbonyl (C=O) groups excluding carboxylic acids is 1. The monoisotopic (exact) mass is 279 g/mol. The molecule has 6 heteroatoms. The van der Waals surface area contributed by atoms with Crippen molar-refractivity contribution in [3.8, 4) is 0 Å². The highest BCUT2D eigenvalue weighted by molar-refractivity contribution is 5.76. The first kappa shape index (κ1) is 16.2. The smallest absolute Gasteiger partial charge is 0.221 e. The lowest BCUT2D eigenvalue weighted by molar-refractivity contribution is -0.120. The molecule has 0 aliphatic carbocycles. The molecule has 0 bridgehead atoms. The average Bonchev–Trinajstić information content (AvgIpc) is 2.37. The number of anilines is 2. The van der Waals surface area contributed by atoms with Crippen molar-refractivity contribution in [3.63, 3.8) is 0 Å². The van der Waals surface area contributed by atoms with Crippen LogP contribution in [0.3, 0.4) is 0 Å². The van der Waals surface area contributed by atoms with E-state index in [0.29, 0.717) is 13.0 Å². The predicted molar refractivity (Wildman–Crippen MR) is 82.1 cm³/mol. The molecule has 1 amide bonds. The van der Waals surface area contributed by atoms with Crippen molar-refractivity contribution in [3.05, 3.63) is 11.9 Å². The van der Waals surface area contributed by atoms with Gasteiger partial charge in [-0.2, -0.15) is 0 Å². The Morgan fingerprint density at radius 3 is 2.30 bits per heavy atom. The second kappa shape index (κ2) is 7.07. The number of nitrogens with one attached hydrogen (secondary N) is 3. The first-order chi connectivity index (χ1) is 9.36. The fourth-order valence-electron chi connectivity index (χ4n) is 1.57. The fourth-order valence-corrected chi connectivity index (χ4v) is 1.57. The van der Waals surface area contributed by atoms with Crippen LogP contribution in [0.5, 0.6) is 0 Å². The Labute approximate surface area is 120 Å². The van der Waals surface area contributed by atoms with Crippen LogP contribution in [0, 0.1) is 0 Å². The van der Waals surface area contributed by atoms with E-state index in [1.807, 2.05) is 13.0 Å². The molecule has 0 atom stereocenters. The molecule has 0 aliphatic heterocycles. The Morgan fingerprint density at radius 1 is 1.20 bits per heavy atom. The van der Waals surface area contributed by atoms with E-state index in [1.54, 1.807) is 7.05 Å². The number of hydrogen-bond acceptors (Lipinski definition) is 5. The Balaban J connectivity index is 2.83. The second-order valence-electron chi connectivity index (χ2n) is 5.59. The molecule has 1 aromatic heterocycles. The van der Waals surface area contributed by atoms with Crippen molar-refractivity contribution in [1.82, 2.24) is 15.3 Å². The van der Waals surface area contributed by atoms with E-state index >= 15 is 0 Å². The zero-order valence-electron chi connectivity index (χ0n) is 13.0. The fraction of sp³-hybridized carbons (Fsp3) is 0.643. The van der Waals surface area contributed by atoms with Gasteiger partial charge in [-0.3, -0.25) is 4.79 Å². The van der Waals surface area contributed by atoms with Gasteiger partial charge in [0.1, 0.15) is 17.5 Å². The lowest BCUT2D eigenvalue weighted by Crippen LogP contribution is -2.22. The van der Waals surface area contributed by atoms with Crippen LogP contribution in [0.4, 0.5) is 11.6 Å². The van der Waals surface area contributed by atoms with Crippen molar-refractivity contribution in [2.24, 2.45) is 0 Å². The first-order valence-electron chi connectivity index (χ1n) is 6.94. The SMILES string of the molecule is CCNc1cc(NCCC(=O)NC)nc(C(C)(C)C)n1. The van der Waals surface area contributed by atoms with E-state index < -0.39 is 0 Å². The third kappa shape index (κ3) is 5.03. The molecule has 0 spiro atoms. The Morgan fingerprint density at radius 2 is 1.80 bits per heavy atom. The van der Waals surface area contributed by atoms with Crippen LogP contribution in [0.25, 0.3) is 0 Å². The number of hydrogen-bond donors (Lipinski definition) is 3. The topological polar surface area (TPSA) is 78.9 Å². The van der Waals surface area contributed by atoms with Gasteiger partial charge in [0.15, 0.2) is 0 Å². The minimum absolute atomic E-state index is 0.00880. The van der Waals surface area contributed by atoms with Crippen LogP contribution in [-0.4, -0.2) is 36.0 Å². The highest BCUT2D eigenvalue weighted by Crippen LogP contribution is 2.22. The minimum Gasteiger partial charge on any atom is -0.370 e.